The van der Waals surface area contributed by atoms with E-state index in [1.54, 1.807) is 23.0 Å². The summed E-state index contributed by atoms with van der Waals surface area (Å²) in [6.45, 7) is 5.68. The van der Waals surface area contributed by atoms with Crippen molar-refractivity contribution < 1.29 is 13.2 Å². The molecule has 6 nitrogen and oxygen atoms in total. The summed E-state index contributed by atoms with van der Waals surface area (Å²) < 4.78 is 39.8. The largest absolute Gasteiger partial charge is 0.416 e. The molecule has 1 atom stereocenters. The van der Waals surface area contributed by atoms with Crippen LogP contribution in [0, 0.1) is 0 Å². The van der Waals surface area contributed by atoms with E-state index in [0.29, 0.717) is 13.1 Å². The standard InChI is InChI=1S/C20H27F3N6/c1-3-24-19(25-10-16-11-26-28(2)12-16)27-18-8-9-29(14-18)13-15-4-6-17(7-5-15)20(21,22)23/h4-7,11-12,18H,3,8-10,13-14H2,1-2H3,(H2,24,25,27). The molecule has 0 aliphatic carbocycles. The van der Waals surface area contributed by atoms with Gasteiger partial charge in [-0.25, -0.2) is 4.99 Å². The zero-order valence-electron chi connectivity index (χ0n) is 16.7. The number of rotatable bonds is 6. The normalized spacial score (nSPS) is 18.2. The average Bonchev–Trinajstić information content (AvgIpc) is 3.28. The predicted molar refractivity (Wildman–Crippen MR) is 106 cm³/mol. The Bertz CT molecular complexity index is 812. The SMILES string of the molecule is CCNC(=NCc1cnn(C)c1)NC1CCN(Cc2ccc(C(F)(F)F)cc2)C1. The van der Waals surface area contributed by atoms with Gasteiger partial charge in [0.1, 0.15) is 0 Å². The maximum atomic E-state index is 12.7. The third kappa shape index (κ3) is 6.22. The Morgan fingerprint density at radius 3 is 2.62 bits per heavy atom. The van der Waals surface area contributed by atoms with Crippen molar-refractivity contribution in [3.05, 3.63) is 53.3 Å². The Labute approximate surface area is 168 Å². The van der Waals surface area contributed by atoms with E-state index in [0.717, 1.165) is 55.3 Å². The van der Waals surface area contributed by atoms with Crippen molar-refractivity contribution in [2.45, 2.75) is 38.7 Å². The fourth-order valence-electron chi connectivity index (χ4n) is 3.39. The Balaban J connectivity index is 1.52. The van der Waals surface area contributed by atoms with Crippen LogP contribution in [0.4, 0.5) is 13.2 Å². The van der Waals surface area contributed by atoms with Gasteiger partial charge >= 0.3 is 6.18 Å². The van der Waals surface area contributed by atoms with Crippen molar-refractivity contribution in [1.29, 1.82) is 0 Å². The molecule has 29 heavy (non-hydrogen) atoms. The summed E-state index contributed by atoms with van der Waals surface area (Å²) in [4.78, 5) is 6.86. The van der Waals surface area contributed by atoms with Crippen LogP contribution in [-0.2, 0) is 26.3 Å². The Morgan fingerprint density at radius 1 is 1.24 bits per heavy atom. The van der Waals surface area contributed by atoms with Crippen LogP contribution in [0.3, 0.4) is 0 Å². The lowest BCUT2D eigenvalue weighted by atomic mass is 10.1. The minimum atomic E-state index is -4.29. The summed E-state index contributed by atoms with van der Waals surface area (Å²) >= 11 is 0. The lowest BCUT2D eigenvalue weighted by molar-refractivity contribution is -0.137. The number of alkyl halides is 3. The highest BCUT2D eigenvalue weighted by atomic mass is 19.4. The molecule has 158 valence electrons. The zero-order valence-corrected chi connectivity index (χ0v) is 16.7. The van der Waals surface area contributed by atoms with Crippen molar-refractivity contribution in [3.8, 4) is 0 Å². The number of nitrogens with zero attached hydrogens (tertiary/aromatic N) is 4. The summed E-state index contributed by atoms with van der Waals surface area (Å²) in [5, 5.41) is 10.9. The van der Waals surface area contributed by atoms with Crippen molar-refractivity contribution in [2.75, 3.05) is 19.6 Å². The molecule has 1 fully saturated rings. The van der Waals surface area contributed by atoms with E-state index in [4.69, 9.17) is 0 Å². The van der Waals surface area contributed by atoms with Gasteiger partial charge in [-0.15, -0.1) is 0 Å². The third-order valence-corrected chi connectivity index (χ3v) is 4.82. The monoisotopic (exact) mass is 408 g/mol. The molecule has 0 saturated carbocycles. The Hall–Kier alpha value is -2.55. The summed E-state index contributed by atoms with van der Waals surface area (Å²) in [7, 11) is 1.88. The first-order valence-corrected chi connectivity index (χ1v) is 9.74. The van der Waals surface area contributed by atoms with Gasteiger partial charge in [0.2, 0.25) is 0 Å². The van der Waals surface area contributed by atoms with Crippen LogP contribution < -0.4 is 10.6 Å². The van der Waals surface area contributed by atoms with E-state index >= 15 is 0 Å². The molecule has 0 bridgehead atoms. The first-order valence-electron chi connectivity index (χ1n) is 9.74. The second kappa shape index (κ2) is 9.30. The quantitative estimate of drug-likeness (QED) is 0.570. The maximum absolute atomic E-state index is 12.7. The maximum Gasteiger partial charge on any atom is 0.416 e. The van der Waals surface area contributed by atoms with Crippen molar-refractivity contribution >= 4 is 5.96 Å². The molecule has 0 amide bonds. The number of guanidine groups is 1. The van der Waals surface area contributed by atoms with Gasteiger partial charge in [-0.1, -0.05) is 12.1 Å². The van der Waals surface area contributed by atoms with Gasteiger partial charge in [0.05, 0.1) is 18.3 Å². The molecule has 9 heteroatoms. The van der Waals surface area contributed by atoms with Crippen LogP contribution in [0.1, 0.15) is 30.0 Å². The van der Waals surface area contributed by atoms with Gasteiger partial charge < -0.3 is 10.6 Å². The number of hydrogen-bond donors (Lipinski definition) is 2. The Kier molecular flexibility index (Phi) is 6.79. The molecule has 1 aliphatic rings. The van der Waals surface area contributed by atoms with Crippen LogP contribution in [-0.4, -0.2) is 46.3 Å². The third-order valence-electron chi connectivity index (χ3n) is 4.82. The highest BCUT2D eigenvalue weighted by molar-refractivity contribution is 5.80. The van der Waals surface area contributed by atoms with E-state index in [1.807, 2.05) is 20.2 Å². The van der Waals surface area contributed by atoms with Gasteiger partial charge in [0.25, 0.3) is 0 Å². The second-order valence-electron chi connectivity index (χ2n) is 7.28. The van der Waals surface area contributed by atoms with E-state index in [-0.39, 0.29) is 6.04 Å². The molecule has 0 radical (unpaired) electrons. The molecule has 1 aliphatic heterocycles. The number of likely N-dealkylation sites (tertiary alicyclic amines) is 1. The van der Waals surface area contributed by atoms with Crippen molar-refractivity contribution in [2.24, 2.45) is 12.0 Å². The summed E-state index contributed by atoms with van der Waals surface area (Å²) in [6, 6.07) is 5.66. The van der Waals surface area contributed by atoms with E-state index in [1.165, 1.54) is 0 Å². The van der Waals surface area contributed by atoms with Crippen LogP contribution in [0.2, 0.25) is 0 Å². The van der Waals surface area contributed by atoms with Gasteiger partial charge in [0, 0.05) is 51.0 Å². The number of benzene rings is 1. The minimum Gasteiger partial charge on any atom is -0.357 e. The first kappa shape index (κ1) is 21.2. The number of aromatic nitrogens is 2. The number of aryl methyl sites for hydroxylation is 1. The molecule has 1 unspecified atom stereocenters. The Morgan fingerprint density at radius 2 is 2.00 bits per heavy atom. The van der Waals surface area contributed by atoms with Crippen molar-refractivity contribution in [1.82, 2.24) is 25.3 Å². The fraction of sp³-hybridized carbons (Fsp3) is 0.500. The highest BCUT2D eigenvalue weighted by Gasteiger charge is 2.30. The van der Waals surface area contributed by atoms with E-state index in [9.17, 15) is 13.2 Å². The number of hydrogen-bond acceptors (Lipinski definition) is 3. The topological polar surface area (TPSA) is 57.5 Å². The van der Waals surface area contributed by atoms with Crippen LogP contribution in [0.25, 0.3) is 0 Å². The zero-order chi connectivity index (χ0) is 20.9. The molecule has 1 saturated heterocycles. The van der Waals surface area contributed by atoms with Gasteiger partial charge in [-0.2, -0.15) is 18.3 Å². The number of nitrogens with one attached hydrogen (secondary N) is 2. The van der Waals surface area contributed by atoms with Crippen LogP contribution in [0.15, 0.2) is 41.7 Å². The molecular formula is C20H27F3N6. The summed E-state index contributed by atoms with van der Waals surface area (Å²) in [6.07, 6.45) is 0.403. The molecule has 0 spiro atoms. The summed E-state index contributed by atoms with van der Waals surface area (Å²) in [5.41, 5.74) is 1.32. The van der Waals surface area contributed by atoms with Crippen molar-refractivity contribution in [3.63, 3.8) is 0 Å². The lowest BCUT2D eigenvalue weighted by Gasteiger charge is -2.19. The first-order chi connectivity index (χ1) is 13.8. The molecule has 2 N–H and O–H groups in total. The molecule has 1 aromatic heterocycles. The summed E-state index contributed by atoms with van der Waals surface area (Å²) in [5.74, 6) is 0.762. The van der Waals surface area contributed by atoms with Crippen LogP contribution >= 0.6 is 0 Å². The van der Waals surface area contributed by atoms with E-state index < -0.39 is 11.7 Å². The van der Waals surface area contributed by atoms with Gasteiger partial charge in [-0.3, -0.25) is 9.58 Å². The molecule has 2 aromatic rings. The van der Waals surface area contributed by atoms with Crippen LogP contribution in [0.5, 0.6) is 0 Å². The number of halogens is 3. The molecular weight excluding hydrogens is 381 g/mol. The predicted octanol–water partition coefficient (Wildman–Crippen LogP) is 2.77. The second-order valence-corrected chi connectivity index (χ2v) is 7.28. The fourth-order valence-corrected chi connectivity index (χ4v) is 3.39. The van der Waals surface area contributed by atoms with E-state index in [2.05, 4.69) is 25.6 Å². The molecule has 2 heterocycles. The average molecular weight is 408 g/mol. The van der Waals surface area contributed by atoms with Gasteiger partial charge in [0.15, 0.2) is 5.96 Å². The van der Waals surface area contributed by atoms with Gasteiger partial charge in [-0.05, 0) is 31.0 Å². The smallest absolute Gasteiger partial charge is 0.357 e. The highest BCUT2D eigenvalue weighted by Crippen LogP contribution is 2.29. The lowest BCUT2D eigenvalue weighted by Crippen LogP contribution is -2.44. The molecule has 1 aromatic carbocycles. The minimum absolute atomic E-state index is 0.246. The number of aliphatic imine (C=N–C) groups is 1. The molecule has 3 rings (SSSR count).